The molecule has 1 amide bonds. The van der Waals surface area contributed by atoms with E-state index in [-0.39, 0.29) is 48.6 Å². The lowest BCUT2D eigenvalue weighted by Crippen LogP contribution is -2.50. The first-order chi connectivity index (χ1) is 17.7. The van der Waals surface area contributed by atoms with Gasteiger partial charge in [0.1, 0.15) is 23.1 Å². The summed E-state index contributed by atoms with van der Waals surface area (Å²) in [6, 6.07) is 7.85. The van der Waals surface area contributed by atoms with Crippen molar-refractivity contribution in [3.63, 3.8) is 0 Å². The van der Waals surface area contributed by atoms with Gasteiger partial charge in [-0.25, -0.2) is 18.4 Å². The fourth-order valence-electron chi connectivity index (χ4n) is 4.26. The largest absolute Gasteiger partial charge is 0.487 e. The molecule has 0 fully saturated rings. The van der Waals surface area contributed by atoms with Crippen LogP contribution in [0.25, 0.3) is 11.1 Å². The van der Waals surface area contributed by atoms with Crippen molar-refractivity contribution in [1.29, 1.82) is 0 Å². The monoisotopic (exact) mass is 525 g/mol. The molecule has 0 saturated carbocycles. The molecule has 11 heteroatoms. The van der Waals surface area contributed by atoms with Crippen LogP contribution in [0.1, 0.15) is 19.4 Å². The average Bonchev–Trinajstić information content (AvgIpc) is 2.91. The summed E-state index contributed by atoms with van der Waals surface area (Å²) in [7, 11) is -2.26. The molecule has 0 aliphatic carbocycles. The van der Waals surface area contributed by atoms with Crippen LogP contribution in [0.3, 0.4) is 0 Å². The molecule has 3 aromatic rings. The molecule has 3 heterocycles. The van der Waals surface area contributed by atoms with Crippen LogP contribution in [0, 0.1) is 5.92 Å². The lowest BCUT2D eigenvalue weighted by molar-refractivity contribution is -0.130. The van der Waals surface area contributed by atoms with E-state index < -0.39 is 22.2 Å². The first kappa shape index (κ1) is 26.6. The topological polar surface area (TPSA) is 126 Å². The maximum Gasteiger partial charge on any atom is 0.247 e. The van der Waals surface area contributed by atoms with Crippen LogP contribution >= 0.6 is 0 Å². The first-order valence-electron chi connectivity index (χ1n) is 12.0. The zero-order valence-electron chi connectivity index (χ0n) is 21.1. The van der Waals surface area contributed by atoms with Crippen molar-refractivity contribution >= 4 is 15.9 Å². The number of nitrogens with zero attached hydrogens (tertiary/aromatic N) is 5. The minimum absolute atomic E-state index is 0.00893. The number of benzene rings is 1. The number of fused-ring (bicyclic) bond motifs is 1. The van der Waals surface area contributed by atoms with E-state index in [0.29, 0.717) is 11.1 Å². The number of pyridine rings is 1. The molecule has 2 aromatic heterocycles. The number of likely N-dealkylation sites (N-methyl/N-ethyl adjacent to an activating group) is 1. The Bertz CT molecular complexity index is 1320. The number of rotatable bonds is 7. The third-order valence-electron chi connectivity index (χ3n) is 6.52. The number of ether oxygens (including phenoxy) is 1. The van der Waals surface area contributed by atoms with E-state index in [9.17, 15) is 18.3 Å². The molecular weight excluding hydrogens is 494 g/mol. The van der Waals surface area contributed by atoms with Gasteiger partial charge in [-0.3, -0.25) is 9.78 Å². The predicted molar refractivity (Wildman–Crippen MR) is 137 cm³/mol. The number of carbonyl (C=O) groups excluding carboxylic acids is 1. The Morgan fingerprint density at radius 1 is 1.19 bits per heavy atom. The predicted octanol–water partition coefficient (Wildman–Crippen LogP) is 2.01. The summed E-state index contributed by atoms with van der Waals surface area (Å²) >= 11 is 0. The molecule has 37 heavy (non-hydrogen) atoms. The van der Waals surface area contributed by atoms with Gasteiger partial charge in [-0.2, -0.15) is 4.31 Å². The normalized spacial score (nSPS) is 20.1. The van der Waals surface area contributed by atoms with Crippen LogP contribution in [-0.2, 0) is 21.2 Å². The molecule has 3 atom stereocenters. The Morgan fingerprint density at radius 2 is 1.95 bits per heavy atom. The van der Waals surface area contributed by atoms with Gasteiger partial charge in [-0.05, 0) is 36.2 Å². The van der Waals surface area contributed by atoms with Crippen molar-refractivity contribution in [3.8, 4) is 16.9 Å². The van der Waals surface area contributed by atoms with Gasteiger partial charge in [0.2, 0.25) is 15.9 Å². The van der Waals surface area contributed by atoms with Crippen molar-refractivity contribution in [1.82, 2.24) is 24.2 Å². The summed E-state index contributed by atoms with van der Waals surface area (Å²) in [6.45, 7) is 3.61. The highest BCUT2D eigenvalue weighted by molar-refractivity contribution is 7.89. The van der Waals surface area contributed by atoms with E-state index in [0.717, 1.165) is 5.56 Å². The van der Waals surface area contributed by atoms with E-state index in [1.165, 1.54) is 16.7 Å². The van der Waals surface area contributed by atoms with Crippen molar-refractivity contribution in [2.75, 3.05) is 26.7 Å². The standard InChI is InChI=1S/C26H31N5O5S/c1-18-14-31(19(2)16-32)37(34,35)25-7-6-21(22-12-28-17-29-13-22)10-23(25)36-24(18)15-30(3)26(33)9-20-5-4-8-27-11-20/h4-8,10-13,17-19,24,32H,9,14-16H2,1-3H3/t18-,19-,24+/m0/s1. The summed E-state index contributed by atoms with van der Waals surface area (Å²) in [5, 5.41) is 9.82. The lowest BCUT2D eigenvalue weighted by atomic mass is 10.0. The van der Waals surface area contributed by atoms with Crippen molar-refractivity contribution in [2.24, 2.45) is 5.92 Å². The van der Waals surface area contributed by atoms with Crippen LogP contribution in [0.15, 0.2) is 66.3 Å². The Labute approximate surface area is 217 Å². The second-order valence-corrected chi connectivity index (χ2v) is 11.2. The maximum absolute atomic E-state index is 13.7. The van der Waals surface area contributed by atoms with E-state index in [1.54, 1.807) is 61.9 Å². The molecule has 196 valence electrons. The van der Waals surface area contributed by atoms with Gasteiger partial charge >= 0.3 is 0 Å². The second kappa shape index (κ2) is 11.3. The Hall–Kier alpha value is -3.41. The van der Waals surface area contributed by atoms with E-state index >= 15 is 0 Å². The van der Waals surface area contributed by atoms with Crippen LogP contribution in [0.4, 0.5) is 0 Å². The van der Waals surface area contributed by atoms with Crippen LogP contribution in [-0.4, -0.2) is 82.5 Å². The zero-order valence-corrected chi connectivity index (χ0v) is 21.9. The number of aromatic nitrogens is 3. The second-order valence-electron chi connectivity index (χ2n) is 9.34. The van der Waals surface area contributed by atoms with Crippen LogP contribution in [0.5, 0.6) is 5.75 Å². The summed E-state index contributed by atoms with van der Waals surface area (Å²) in [5.41, 5.74) is 2.21. The number of aliphatic hydroxyl groups excluding tert-OH is 1. The number of sulfonamides is 1. The van der Waals surface area contributed by atoms with Crippen molar-refractivity contribution in [2.45, 2.75) is 37.3 Å². The molecule has 0 bridgehead atoms. The van der Waals surface area contributed by atoms with E-state index in [2.05, 4.69) is 15.0 Å². The van der Waals surface area contributed by atoms with Crippen molar-refractivity contribution in [3.05, 3.63) is 67.0 Å². The molecule has 0 saturated heterocycles. The van der Waals surface area contributed by atoms with Gasteiger partial charge in [0.05, 0.1) is 19.6 Å². The molecule has 10 nitrogen and oxygen atoms in total. The minimum atomic E-state index is -3.97. The first-order valence-corrected chi connectivity index (χ1v) is 13.5. The third kappa shape index (κ3) is 5.95. The molecule has 1 aliphatic rings. The quantitative estimate of drug-likeness (QED) is 0.497. The Morgan fingerprint density at radius 3 is 2.62 bits per heavy atom. The molecule has 1 aliphatic heterocycles. The van der Waals surface area contributed by atoms with Gasteiger partial charge in [-0.15, -0.1) is 0 Å². The molecule has 0 radical (unpaired) electrons. The molecular formula is C26H31N5O5S. The Kier molecular flexibility index (Phi) is 8.16. The smallest absolute Gasteiger partial charge is 0.247 e. The van der Waals surface area contributed by atoms with Crippen LogP contribution in [0.2, 0.25) is 0 Å². The van der Waals surface area contributed by atoms with Crippen LogP contribution < -0.4 is 4.74 Å². The number of aliphatic hydroxyl groups is 1. The summed E-state index contributed by atoms with van der Waals surface area (Å²) in [5.74, 6) is -0.204. The summed E-state index contributed by atoms with van der Waals surface area (Å²) < 4.78 is 35.0. The number of carbonyl (C=O) groups is 1. The fraction of sp³-hybridized carbons (Fsp3) is 0.385. The van der Waals surface area contributed by atoms with Gasteiger partial charge in [0, 0.05) is 55.9 Å². The molecule has 1 aromatic carbocycles. The summed E-state index contributed by atoms with van der Waals surface area (Å²) in [4.78, 5) is 26.7. The van der Waals surface area contributed by atoms with Crippen molar-refractivity contribution < 1.29 is 23.1 Å². The highest BCUT2D eigenvalue weighted by Gasteiger charge is 2.38. The molecule has 0 spiro atoms. The number of amides is 1. The summed E-state index contributed by atoms with van der Waals surface area (Å²) in [6.07, 6.45) is 7.69. The van der Waals surface area contributed by atoms with Gasteiger partial charge in [0.15, 0.2) is 0 Å². The van der Waals surface area contributed by atoms with Gasteiger partial charge < -0.3 is 14.7 Å². The zero-order chi connectivity index (χ0) is 26.6. The van der Waals surface area contributed by atoms with E-state index in [4.69, 9.17) is 4.74 Å². The lowest BCUT2D eigenvalue weighted by Gasteiger charge is -2.37. The minimum Gasteiger partial charge on any atom is -0.487 e. The van der Waals surface area contributed by atoms with E-state index in [1.807, 2.05) is 13.0 Å². The van der Waals surface area contributed by atoms with Gasteiger partial charge in [-0.1, -0.05) is 19.1 Å². The molecule has 0 unspecified atom stereocenters. The van der Waals surface area contributed by atoms with Gasteiger partial charge in [0.25, 0.3) is 0 Å². The highest BCUT2D eigenvalue weighted by atomic mass is 32.2. The number of hydrogen-bond donors (Lipinski definition) is 1. The molecule has 1 N–H and O–H groups in total. The highest BCUT2D eigenvalue weighted by Crippen LogP contribution is 2.36. The fourth-order valence-corrected chi connectivity index (χ4v) is 6.08. The average molecular weight is 526 g/mol. The SMILES string of the molecule is C[C@H]1CN([C@@H](C)CO)S(=O)(=O)c2ccc(-c3cncnc3)cc2O[C@@H]1CN(C)C(=O)Cc1cccnc1. The Balaban J connectivity index is 1.69. The molecule has 4 rings (SSSR count). The number of hydrogen-bond acceptors (Lipinski definition) is 8. The maximum atomic E-state index is 13.7. The third-order valence-corrected chi connectivity index (χ3v) is 8.54.